The monoisotopic (exact) mass is 496 g/mol. The molecule has 0 spiro atoms. The Bertz CT molecular complexity index is 1370. The molecule has 0 amide bonds. The highest BCUT2D eigenvalue weighted by molar-refractivity contribution is 7.96. The van der Waals surface area contributed by atoms with Gasteiger partial charge < -0.3 is 5.32 Å². The first-order valence-corrected chi connectivity index (χ1v) is 14.7. The van der Waals surface area contributed by atoms with Crippen molar-refractivity contribution in [2.75, 3.05) is 18.8 Å². The number of sulfone groups is 2. The van der Waals surface area contributed by atoms with Crippen molar-refractivity contribution in [3.63, 3.8) is 0 Å². The van der Waals surface area contributed by atoms with Crippen LogP contribution in [0.2, 0.25) is 0 Å². The predicted molar refractivity (Wildman–Crippen MR) is 132 cm³/mol. The SMILES string of the molecule is O=S1(=O)CC(S(=O)(=O)c2ccccc2)c2c(CNC3CCN(Cc4ccccc4)C3)cccc21. The van der Waals surface area contributed by atoms with Gasteiger partial charge in [-0.1, -0.05) is 60.7 Å². The fourth-order valence-electron chi connectivity index (χ4n) is 5.01. The molecule has 1 saturated heterocycles. The Balaban J connectivity index is 1.35. The molecule has 178 valence electrons. The van der Waals surface area contributed by atoms with Crippen LogP contribution in [0.1, 0.15) is 28.4 Å². The number of benzene rings is 3. The molecular formula is C26H28N2O4S2. The molecule has 0 aliphatic carbocycles. The van der Waals surface area contributed by atoms with E-state index in [0.717, 1.165) is 31.6 Å². The van der Waals surface area contributed by atoms with Crippen LogP contribution in [0.3, 0.4) is 0 Å². The Morgan fingerprint density at radius 2 is 1.62 bits per heavy atom. The van der Waals surface area contributed by atoms with Gasteiger partial charge in [-0.3, -0.25) is 4.90 Å². The fraction of sp³-hybridized carbons (Fsp3) is 0.308. The molecule has 0 radical (unpaired) electrons. The average molecular weight is 497 g/mol. The minimum Gasteiger partial charge on any atom is -0.309 e. The number of hydrogen-bond acceptors (Lipinski definition) is 6. The Morgan fingerprint density at radius 1 is 0.912 bits per heavy atom. The van der Waals surface area contributed by atoms with E-state index in [2.05, 4.69) is 22.3 Å². The van der Waals surface area contributed by atoms with E-state index in [1.54, 1.807) is 24.3 Å². The Labute approximate surface area is 201 Å². The van der Waals surface area contributed by atoms with E-state index < -0.39 is 30.7 Å². The molecule has 0 aromatic heterocycles. The van der Waals surface area contributed by atoms with Gasteiger partial charge >= 0.3 is 0 Å². The van der Waals surface area contributed by atoms with Crippen LogP contribution in [0, 0.1) is 0 Å². The van der Waals surface area contributed by atoms with Gasteiger partial charge in [-0.15, -0.1) is 0 Å². The second-order valence-corrected chi connectivity index (χ2v) is 13.2. The standard InChI is InChI=1S/C26H28N2O4S2/c29-33(30)19-25(34(31,32)23-11-5-2-6-12-23)26-21(10-7-13-24(26)33)16-27-22-14-15-28(18-22)17-20-8-3-1-4-9-20/h1-13,22,25,27H,14-19H2. The van der Waals surface area contributed by atoms with Gasteiger partial charge in [-0.2, -0.15) is 0 Å². The lowest BCUT2D eigenvalue weighted by Gasteiger charge is -2.19. The first kappa shape index (κ1) is 23.2. The summed E-state index contributed by atoms with van der Waals surface area (Å²) in [6, 6.07) is 23.8. The van der Waals surface area contributed by atoms with Crippen LogP contribution in [0.5, 0.6) is 0 Å². The second-order valence-electron chi connectivity index (χ2n) is 9.04. The van der Waals surface area contributed by atoms with E-state index in [4.69, 9.17) is 0 Å². The van der Waals surface area contributed by atoms with Gasteiger partial charge in [-0.25, -0.2) is 16.8 Å². The van der Waals surface area contributed by atoms with Crippen molar-refractivity contribution in [2.45, 2.75) is 40.6 Å². The molecule has 34 heavy (non-hydrogen) atoms. The zero-order valence-electron chi connectivity index (χ0n) is 18.8. The summed E-state index contributed by atoms with van der Waals surface area (Å²) in [5.41, 5.74) is 2.45. The van der Waals surface area contributed by atoms with Gasteiger partial charge in [0.1, 0.15) is 5.25 Å². The van der Waals surface area contributed by atoms with Crippen LogP contribution in [0.25, 0.3) is 0 Å². The normalized spacial score (nSPS) is 22.0. The Hall–Kier alpha value is -2.52. The van der Waals surface area contributed by atoms with E-state index >= 15 is 0 Å². The maximum Gasteiger partial charge on any atom is 0.186 e. The maximum absolute atomic E-state index is 13.4. The average Bonchev–Trinajstić information content (AvgIpc) is 3.41. The third kappa shape index (κ3) is 4.55. The largest absolute Gasteiger partial charge is 0.309 e. The molecule has 0 bridgehead atoms. The summed E-state index contributed by atoms with van der Waals surface area (Å²) in [6.07, 6.45) is 0.992. The van der Waals surface area contributed by atoms with E-state index in [9.17, 15) is 16.8 Å². The lowest BCUT2D eigenvalue weighted by molar-refractivity contribution is 0.320. The number of hydrogen-bond donors (Lipinski definition) is 1. The molecule has 1 fully saturated rings. The minimum absolute atomic E-state index is 0.147. The smallest absolute Gasteiger partial charge is 0.186 e. The van der Waals surface area contributed by atoms with Crippen LogP contribution < -0.4 is 5.32 Å². The molecule has 2 atom stereocenters. The predicted octanol–water partition coefficient (Wildman–Crippen LogP) is 3.35. The van der Waals surface area contributed by atoms with Gasteiger partial charge in [0.25, 0.3) is 0 Å². The molecule has 0 saturated carbocycles. The van der Waals surface area contributed by atoms with Gasteiger partial charge in [0.15, 0.2) is 19.7 Å². The van der Waals surface area contributed by atoms with E-state index in [1.807, 2.05) is 24.3 Å². The van der Waals surface area contributed by atoms with Crippen molar-refractivity contribution < 1.29 is 16.8 Å². The minimum atomic E-state index is -3.84. The molecule has 8 heteroatoms. The number of likely N-dealkylation sites (tertiary alicyclic amines) is 1. The summed E-state index contributed by atoms with van der Waals surface area (Å²) in [5, 5.41) is 2.46. The Kier molecular flexibility index (Phi) is 6.33. The van der Waals surface area contributed by atoms with Gasteiger partial charge in [0, 0.05) is 32.2 Å². The molecule has 2 aliphatic heterocycles. The van der Waals surface area contributed by atoms with Crippen molar-refractivity contribution in [2.24, 2.45) is 0 Å². The van der Waals surface area contributed by atoms with Crippen LogP contribution in [0.4, 0.5) is 0 Å². The Morgan fingerprint density at radius 3 is 2.35 bits per heavy atom. The lowest BCUT2D eigenvalue weighted by Crippen LogP contribution is -2.32. The summed E-state index contributed by atoms with van der Waals surface area (Å²) in [4.78, 5) is 2.70. The first-order chi connectivity index (χ1) is 16.3. The number of nitrogens with one attached hydrogen (secondary N) is 1. The molecule has 6 nitrogen and oxygen atoms in total. The fourth-order valence-corrected chi connectivity index (χ4v) is 9.43. The summed E-state index contributed by atoms with van der Waals surface area (Å²) < 4.78 is 52.6. The third-order valence-electron chi connectivity index (χ3n) is 6.73. The highest BCUT2D eigenvalue weighted by Crippen LogP contribution is 2.42. The van der Waals surface area contributed by atoms with Crippen LogP contribution in [-0.4, -0.2) is 46.6 Å². The molecule has 3 aromatic rings. The summed E-state index contributed by atoms with van der Waals surface area (Å²) in [6.45, 7) is 3.21. The molecular weight excluding hydrogens is 468 g/mol. The molecule has 2 heterocycles. The summed E-state index contributed by atoms with van der Waals surface area (Å²) in [7, 11) is -7.51. The second kappa shape index (κ2) is 9.26. The molecule has 5 rings (SSSR count). The topological polar surface area (TPSA) is 83.5 Å². The van der Waals surface area contributed by atoms with E-state index in [1.165, 1.54) is 23.8 Å². The third-order valence-corrected chi connectivity index (χ3v) is 10.8. The van der Waals surface area contributed by atoms with Gasteiger partial charge in [-0.05, 0) is 41.3 Å². The molecule has 2 aliphatic rings. The maximum atomic E-state index is 13.4. The summed E-state index contributed by atoms with van der Waals surface area (Å²) >= 11 is 0. The number of rotatable bonds is 7. The zero-order valence-corrected chi connectivity index (χ0v) is 20.4. The zero-order chi connectivity index (χ0) is 23.8. The highest BCUT2D eigenvalue weighted by Gasteiger charge is 2.44. The quantitative estimate of drug-likeness (QED) is 0.540. The van der Waals surface area contributed by atoms with Crippen LogP contribution >= 0.6 is 0 Å². The van der Waals surface area contributed by atoms with Crippen LogP contribution in [0.15, 0.2) is 88.7 Å². The lowest BCUT2D eigenvalue weighted by atomic mass is 10.0. The highest BCUT2D eigenvalue weighted by atomic mass is 32.2. The molecule has 1 N–H and O–H groups in total. The van der Waals surface area contributed by atoms with Crippen LogP contribution in [-0.2, 0) is 32.8 Å². The van der Waals surface area contributed by atoms with Crippen molar-refractivity contribution in [1.82, 2.24) is 10.2 Å². The van der Waals surface area contributed by atoms with E-state index in [0.29, 0.717) is 12.1 Å². The molecule has 2 unspecified atom stereocenters. The molecule has 3 aromatic carbocycles. The summed E-state index contributed by atoms with van der Waals surface area (Å²) in [5.74, 6) is -0.412. The van der Waals surface area contributed by atoms with E-state index in [-0.39, 0.29) is 15.8 Å². The van der Waals surface area contributed by atoms with Crippen molar-refractivity contribution in [3.8, 4) is 0 Å². The van der Waals surface area contributed by atoms with Crippen molar-refractivity contribution in [3.05, 3.63) is 95.6 Å². The van der Waals surface area contributed by atoms with Crippen molar-refractivity contribution >= 4 is 19.7 Å². The number of fused-ring (bicyclic) bond motifs is 1. The van der Waals surface area contributed by atoms with Crippen molar-refractivity contribution in [1.29, 1.82) is 0 Å². The first-order valence-electron chi connectivity index (χ1n) is 11.5. The van der Waals surface area contributed by atoms with Gasteiger partial charge in [0.05, 0.1) is 15.5 Å². The van der Waals surface area contributed by atoms with Gasteiger partial charge in [0.2, 0.25) is 0 Å². The number of nitrogens with zero attached hydrogens (tertiary/aromatic N) is 1.